The summed E-state index contributed by atoms with van der Waals surface area (Å²) in [5, 5.41) is 0. The minimum absolute atomic E-state index is 0.0800. The number of carbonyl (C=O) groups is 1. The van der Waals surface area contributed by atoms with E-state index in [0.29, 0.717) is 17.6 Å². The van der Waals surface area contributed by atoms with Crippen molar-refractivity contribution in [3.05, 3.63) is 23.8 Å². The Hall–Kier alpha value is -1.51. The number of carbonyl (C=O) groups excluding carboxylic acids is 1. The molecule has 0 saturated heterocycles. The maximum absolute atomic E-state index is 10.5. The summed E-state index contributed by atoms with van der Waals surface area (Å²) < 4.78 is 30.3. The average molecular weight is 169 g/mol. The van der Waals surface area contributed by atoms with Crippen LogP contribution in [-0.4, -0.2) is 20.4 Å². The van der Waals surface area contributed by atoms with Crippen LogP contribution in [0.1, 0.15) is 14.5 Å². The molecule has 0 heterocycles. The van der Waals surface area contributed by atoms with Crippen molar-refractivity contribution in [1.82, 2.24) is 0 Å². The Morgan fingerprint density at radius 3 is 2.50 bits per heavy atom. The van der Waals surface area contributed by atoms with E-state index in [4.69, 9.17) is 8.85 Å². The van der Waals surface area contributed by atoms with Gasteiger partial charge in [-0.2, -0.15) is 0 Å². The van der Waals surface area contributed by atoms with Crippen molar-refractivity contribution in [2.75, 3.05) is 14.1 Å². The second-order valence-corrected chi connectivity index (χ2v) is 2.16. The Kier molecular flexibility index (Phi) is 1.63. The highest BCUT2D eigenvalue weighted by Crippen LogP contribution is 2.21. The minimum Gasteiger partial charge on any atom is -0.497 e. The normalized spacial score (nSPS) is 13.9. The molecule has 3 heteroatoms. The minimum atomic E-state index is -2.54. The van der Waals surface area contributed by atoms with Crippen LogP contribution in [0.25, 0.3) is 0 Å². The highest BCUT2D eigenvalue weighted by molar-refractivity contribution is 5.76. The molecule has 0 unspecified atom stereocenters. The summed E-state index contributed by atoms with van der Waals surface area (Å²) in [6.07, 6.45) is 0.592. The van der Waals surface area contributed by atoms with E-state index in [-0.39, 0.29) is 5.75 Å². The second kappa shape index (κ2) is 3.76. The molecule has 1 aromatic rings. The third-order valence-corrected chi connectivity index (χ3v) is 1.39. The standard InChI is InChI=1S/C9H10O3/c1-11-8-3-7(6-10)4-9(5-8)12-2/h3-6H,1-2H3/i1D3. The van der Waals surface area contributed by atoms with Crippen LogP contribution < -0.4 is 9.47 Å². The summed E-state index contributed by atoms with van der Waals surface area (Å²) in [7, 11) is -1.12. The molecule has 0 atom stereocenters. The number of rotatable bonds is 3. The van der Waals surface area contributed by atoms with Crippen molar-refractivity contribution in [2.24, 2.45) is 0 Å². The largest absolute Gasteiger partial charge is 0.497 e. The van der Waals surface area contributed by atoms with Crippen molar-refractivity contribution in [2.45, 2.75) is 0 Å². The van der Waals surface area contributed by atoms with Gasteiger partial charge in [0, 0.05) is 11.6 Å². The summed E-state index contributed by atoms with van der Waals surface area (Å²) in [6, 6.07) is 4.22. The molecular weight excluding hydrogens is 156 g/mol. The zero-order chi connectivity index (χ0) is 11.5. The van der Waals surface area contributed by atoms with Crippen LogP contribution in [0.15, 0.2) is 18.2 Å². The molecule has 0 aliphatic rings. The number of hydrogen-bond acceptors (Lipinski definition) is 3. The molecule has 0 spiro atoms. The first-order chi connectivity index (χ1) is 6.94. The number of ether oxygens (including phenoxy) is 2. The van der Waals surface area contributed by atoms with Crippen molar-refractivity contribution in [1.29, 1.82) is 0 Å². The summed E-state index contributed by atoms with van der Waals surface area (Å²) in [5.74, 6) is 0.454. The highest BCUT2D eigenvalue weighted by atomic mass is 16.5. The first kappa shape index (κ1) is 5.19. The van der Waals surface area contributed by atoms with Crippen molar-refractivity contribution in [3.63, 3.8) is 0 Å². The van der Waals surface area contributed by atoms with Crippen LogP contribution in [0.5, 0.6) is 11.5 Å². The Morgan fingerprint density at radius 2 is 2.00 bits per heavy atom. The molecule has 1 aromatic carbocycles. The molecular formula is C9H10O3. The van der Waals surface area contributed by atoms with Gasteiger partial charge >= 0.3 is 0 Å². The molecule has 1 rings (SSSR count). The van der Waals surface area contributed by atoms with Crippen molar-refractivity contribution < 1.29 is 18.4 Å². The summed E-state index contributed by atoms with van der Waals surface area (Å²) in [4.78, 5) is 10.5. The number of aldehydes is 1. The first-order valence-electron chi connectivity index (χ1n) is 4.78. The Bertz CT molecular complexity index is 360. The lowest BCUT2D eigenvalue weighted by atomic mass is 10.2. The average Bonchev–Trinajstić information content (AvgIpc) is 2.14. The van der Waals surface area contributed by atoms with Gasteiger partial charge in [0.25, 0.3) is 0 Å². The predicted octanol–water partition coefficient (Wildman–Crippen LogP) is 1.52. The molecule has 3 nitrogen and oxygen atoms in total. The van der Waals surface area contributed by atoms with Gasteiger partial charge in [-0.3, -0.25) is 4.79 Å². The molecule has 0 amide bonds. The van der Waals surface area contributed by atoms with E-state index < -0.39 is 7.04 Å². The van der Waals surface area contributed by atoms with Gasteiger partial charge in [-0.05, 0) is 12.1 Å². The molecule has 0 saturated carbocycles. The number of methoxy groups -OCH3 is 2. The molecule has 64 valence electrons. The SMILES string of the molecule is [2H]C([2H])([2H])Oc1cc(C=O)cc(OC)c1. The van der Waals surface area contributed by atoms with Crippen LogP contribution in [0, 0.1) is 0 Å². The summed E-state index contributed by atoms with van der Waals surface area (Å²) in [6.45, 7) is 0. The topological polar surface area (TPSA) is 35.5 Å². The summed E-state index contributed by atoms with van der Waals surface area (Å²) in [5.41, 5.74) is 0.300. The van der Waals surface area contributed by atoms with E-state index in [0.717, 1.165) is 0 Å². The molecule has 0 bridgehead atoms. The fourth-order valence-electron chi connectivity index (χ4n) is 0.839. The molecule has 0 N–H and O–H groups in total. The molecule has 0 aliphatic heterocycles. The zero-order valence-electron chi connectivity index (χ0n) is 9.53. The quantitative estimate of drug-likeness (QED) is 0.643. The van der Waals surface area contributed by atoms with Gasteiger partial charge in [0.1, 0.15) is 17.8 Å². The lowest BCUT2D eigenvalue weighted by Gasteiger charge is -2.04. The van der Waals surface area contributed by atoms with E-state index in [9.17, 15) is 4.79 Å². The van der Waals surface area contributed by atoms with Gasteiger partial charge < -0.3 is 9.47 Å². The summed E-state index contributed by atoms with van der Waals surface area (Å²) >= 11 is 0. The molecule has 0 radical (unpaired) electrons. The van der Waals surface area contributed by atoms with Gasteiger partial charge in [-0.25, -0.2) is 0 Å². The molecule has 12 heavy (non-hydrogen) atoms. The van der Waals surface area contributed by atoms with Gasteiger partial charge in [-0.1, -0.05) is 0 Å². The fourth-order valence-corrected chi connectivity index (χ4v) is 0.839. The number of benzene rings is 1. The number of hydrogen-bond donors (Lipinski definition) is 0. The van der Waals surface area contributed by atoms with Gasteiger partial charge in [0.2, 0.25) is 0 Å². The van der Waals surface area contributed by atoms with Crippen LogP contribution in [0.3, 0.4) is 0 Å². The molecule has 0 aromatic heterocycles. The lowest BCUT2D eigenvalue weighted by molar-refractivity contribution is 0.112. The maximum atomic E-state index is 10.5. The molecule has 0 aliphatic carbocycles. The van der Waals surface area contributed by atoms with Crippen LogP contribution >= 0.6 is 0 Å². The fraction of sp³-hybridized carbons (Fsp3) is 0.222. The highest BCUT2D eigenvalue weighted by Gasteiger charge is 1.99. The third kappa shape index (κ3) is 1.75. The lowest BCUT2D eigenvalue weighted by Crippen LogP contribution is -1.89. The van der Waals surface area contributed by atoms with E-state index in [2.05, 4.69) is 4.74 Å². The van der Waals surface area contributed by atoms with E-state index in [1.54, 1.807) is 0 Å². The van der Waals surface area contributed by atoms with Gasteiger partial charge in [-0.15, -0.1) is 0 Å². The Balaban J connectivity index is 3.02. The zero-order valence-corrected chi connectivity index (χ0v) is 6.53. The van der Waals surface area contributed by atoms with E-state index >= 15 is 0 Å². The Labute approximate surface area is 75.1 Å². The second-order valence-electron chi connectivity index (χ2n) is 2.16. The smallest absolute Gasteiger partial charge is 0.150 e. The third-order valence-electron chi connectivity index (χ3n) is 1.39. The van der Waals surface area contributed by atoms with E-state index in [1.807, 2.05) is 0 Å². The van der Waals surface area contributed by atoms with Crippen LogP contribution in [0.2, 0.25) is 0 Å². The van der Waals surface area contributed by atoms with Crippen molar-refractivity contribution >= 4 is 6.29 Å². The van der Waals surface area contributed by atoms with E-state index in [1.165, 1.54) is 25.3 Å². The Morgan fingerprint density at radius 1 is 1.33 bits per heavy atom. The van der Waals surface area contributed by atoms with Crippen LogP contribution in [-0.2, 0) is 0 Å². The monoisotopic (exact) mass is 169 g/mol. The van der Waals surface area contributed by atoms with Gasteiger partial charge in [0.15, 0.2) is 0 Å². The van der Waals surface area contributed by atoms with Gasteiger partial charge in [0.05, 0.1) is 18.3 Å². The molecule has 0 fully saturated rings. The van der Waals surface area contributed by atoms with Crippen LogP contribution in [0.4, 0.5) is 0 Å². The maximum Gasteiger partial charge on any atom is 0.150 e. The van der Waals surface area contributed by atoms with Crippen molar-refractivity contribution in [3.8, 4) is 11.5 Å². The first-order valence-corrected chi connectivity index (χ1v) is 3.28. The predicted molar refractivity (Wildman–Crippen MR) is 44.9 cm³/mol.